The zero-order valence-corrected chi connectivity index (χ0v) is 22.2. The van der Waals surface area contributed by atoms with Crippen molar-refractivity contribution in [2.75, 3.05) is 12.4 Å². The third-order valence-electron chi connectivity index (χ3n) is 9.52. The minimum Gasteiger partial charge on any atom is -0.458 e. The highest BCUT2D eigenvalue weighted by molar-refractivity contribution is 7.85. The van der Waals surface area contributed by atoms with Crippen LogP contribution in [0.25, 0.3) is 0 Å². The average Bonchev–Trinajstić information content (AvgIpc) is 3.08. The average molecular weight is 537 g/mol. The summed E-state index contributed by atoms with van der Waals surface area (Å²) in [6, 6.07) is 0. The number of fused-ring (bicyclic) bond motifs is 5. The number of rotatable bonds is 9. The number of hydrogen-bond acceptors (Lipinski definition) is 8. The summed E-state index contributed by atoms with van der Waals surface area (Å²) < 4.78 is 35.4. The number of carbonyl (C=O) groups is 4. The number of unbranched alkanes of at least 4 members (excludes halogenated alkanes) is 2. The Labute approximate surface area is 217 Å². The maximum atomic E-state index is 13.6. The summed E-state index contributed by atoms with van der Waals surface area (Å²) in [5.41, 5.74) is -2.29. The van der Waals surface area contributed by atoms with Gasteiger partial charge in [0, 0.05) is 29.6 Å². The molecule has 9 nitrogen and oxygen atoms in total. The van der Waals surface area contributed by atoms with Gasteiger partial charge in [0.15, 0.2) is 12.4 Å². The lowest BCUT2D eigenvalue weighted by Gasteiger charge is -2.56. The highest BCUT2D eigenvalue weighted by Gasteiger charge is 2.68. The van der Waals surface area contributed by atoms with Crippen molar-refractivity contribution in [3.8, 4) is 0 Å². The molecule has 4 aliphatic rings. The van der Waals surface area contributed by atoms with E-state index in [4.69, 9.17) is 9.29 Å². The maximum absolute atomic E-state index is 13.6. The van der Waals surface area contributed by atoms with E-state index < -0.39 is 44.9 Å². The van der Waals surface area contributed by atoms with Crippen molar-refractivity contribution < 1.29 is 42.0 Å². The lowest BCUT2D eigenvalue weighted by molar-refractivity contribution is -0.172. The number of ether oxygens (including phenoxy) is 1. The van der Waals surface area contributed by atoms with Crippen LogP contribution in [-0.2, 0) is 34.0 Å². The molecule has 4 aliphatic carbocycles. The third kappa shape index (κ3) is 5.00. The minimum absolute atomic E-state index is 0.00846. The molecule has 0 saturated heterocycles. The van der Waals surface area contributed by atoms with E-state index in [1.807, 2.05) is 19.9 Å². The number of esters is 1. The van der Waals surface area contributed by atoms with Crippen molar-refractivity contribution in [3.63, 3.8) is 0 Å². The van der Waals surface area contributed by atoms with Crippen LogP contribution in [0.15, 0.2) is 23.8 Å². The molecule has 6 atom stereocenters. The molecule has 0 radical (unpaired) electrons. The standard InChI is InChI=1S/C27H36O9S/c1-25-11-9-18(28)14-17(25)7-8-19-20-10-12-27(32,26(20,2)15-21(29)24(19)25)22(30)16-36-23(31)6-4-3-5-13-37(33,34)35/h9,11,14,19-20,24,32H,3-8,10,12-13,15-16H2,1-2H3,(H,33,34,35)/t19-,20-,24+,25-,26-,27-/m0/s1. The lowest BCUT2D eigenvalue weighted by atomic mass is 9.46. The highest BCUT2D eigenvalue weighted by Crippen LogP contribution is 2.66. The molecule has 0 bridgehead atoms. The van der Waals surface area contributed by atoms with E-state index in [2.05, 4.69) is 0 Å². The molecular formula is C27H36O9S. The molecule has 0 aromatic carbocycles. The van der Waals surface area contributed by atoms with Gasteiger partial charge in [-0.1, -0.05) is 31.9 Å². The molecule has 0 heterocycles. The molecule has 2 N–H and O–H groups in total. The van der Waals surface area contributed by atoms with Gasteiger partial charge in [-0.3, -0.25) is 23.7 Å². The van der Waals surface area contributed by atoms with E-state index >= 15 is 0 Å². The van der Waals surface area contributed by atoms with Gasteiger partial charge in [0.2, 0.25) is 5.78 Å². The monoisotopic (exact) mass is 536 g/mol. The third-order valence-corrected chi connectivity index (χ3v) is 10.3. The predicted octanol–water partition coefficient (Wildman–Crippen LogP) is 2.76. The van der Waals surface area contributed by atoms with Crippen molar-refractivity contribution in [2.24, 2.45) is 28.6 Å². The van der Waals surface area contributed by atoms with Gasteiger partial charge in [-0.25, -0.2) is 0 Å². The summed E-state index contributed by atoms with van der Waals surface area (Å²) in [6.45, 7) is 3.23. The smallest absolute Gasteiger partial charge is 0.306 e. The van der Waals surface area contributed by atoms with Gasteiger partial charge in [-0.2, -0.15) is 8.42 Å². The van der Waals surface area contributed by atoms with Crippen LogP contribution >= 0.6 is 0 Å². The van der Waals surface area contributed by atoms with Gasteiger partial charge in [-0.15, -0.1) is 0 Å². The Bertz CT molecular complexity index is 1170. The molecule has 0 aromatic heterocycles. The molecule has 204 valence electrons. The van der Waals surface area contributed by atoms with Gasteiger partial charge < -0.3 is 9.84 Å². The second-order valence-electron chi connectivity index (χ2n) is 11.6. The number of allylic oxidation sites excluding steroid dienone is 4. The summed E-state index contributed by atoms with van der Waals surface area (Å²) >= 11 is 0. The van der Waals surface area contributed by atoms with Gasteiger partial charge in [-0.05, 0) is 62.5 Å². The molecule has 0 spiro atoms. The predicted molar refractivity (Wildman–Crippen MR) is 133 cm³/mol. The van der Waals surface area contributed by atoms with Gasteiger partial charge in [0.25, 0.3) is 10.1 Å². The van der Waals surface area contributed by atoms with Crippen molar-refractivity contribution in [1.82, 2.24) is 0 Å². The largest absolute Gasteiger partial charge is 0.458 e. The molecule has 3 saturated carbocycles. The van der Waals surface area contributed by atoms with Crippen molar-refractivity contribution in [1.29, 1.82) is 0 Å². The van der Waals surface area contributed by atoms with Gasteiger partial charge in [0.1, 0.15) is 11.4 Å². The van der Waals surface area contributed by atoms with Crippen LogP contribution in [-0.4, -0.2) is 59.4 Å². The zero-order valence-electron chi connectivity index (χ0n) is 21.4. The normalized spacial score (nSPS) is 36.9. The Morgan fingerprint density at radius 3 is 2.57 bits per heavy atom. The summed E-state index contributed by atoms with van der Waals surface area (Å²) in [5.74, 6) is -2.04. The molecule has 0 amide bonds. The Morgan fingerprint density at radius 1 is 1.14 bits per heavy atom. The van der Waals surface area contributed by atoms with Gasteiger partial charge >= 0.3 is 5.97 Å². The number of Topliss-reactive ketones (excluding diaryl/α,β-unsaturated/α-hetero) is 2. The molecule has 0 aliphatic heterocycles. The molecular weight excluding hydrogens is 500 g/mol. The maximum Gasteiger partial charge on any atom is 0.306 e. The number of hydrogen-bond donors (Lipinski definition) is 2. The van der Waals surface area contributed by atoms with Crippen LogP contribution in [0.5, 0.6) is 0 Å². The Balaban J connectivity index is 1.40. The number of aliphatic hydroxyl groups is 1. The lowest BCUT2D eigenvalue weighted by Crippen LogP contribution is -2.60. The Kier molecular flexibility index (Phi) is 7.42. The highest BCUT2D eigenvalue weighted by atomic mass is 32.2. The van der Waals surface area contributed by atoms with E-state index in [-0.39, 0.29) is 60.8 Å². The first kappa shape index (κ1) is 27.9. The fourth-order valence-corrected chi connectivity index (χ4v) is 8.13. The van der Waals surface area contributed by atoms with E-state index in [0.29, 0.717) is 25.7 Å². The van der Waals surface area contributed by atoms with E-state index in [9.17, 15) is 32.7 Å². The Hall–Kier alpha value is -2.17. The summed E-state index contributed by atoms with van der Waals surface area (Å²) in [6.07, 6.45) is 8.24. The topological polar surface area (TPSA) is 152 Å². The van der Waals surface area contributed by atoms with Crippen LogP contribution in [0, 0.1) is 28.6 Å². The molecule has 4 rings (SSSR count). The first-order valence-electron chi connectivity index (χ1n) is 13.0. The zero-order chi connectivity index (χ0) is 27.2. The molecule has 3 fully saturated rings. The van der Waals surface area contributed by atoms with Crippen LogP contribution in [0.1, 0.15) is 71.6 Å². The summed E-state index contributed by atoms with van der Waals surface area (Å²) in [4.78, 5) is 50.9. The van der Waals surface area contributed by atoms with Crippen molar-refractivity contribution in [2.45, 2.75) is 77.2 Å². The second kappa shape index (κ2) is 9.85. The van der Waals surface area contributed by atoms with E-state index in [1.165, 1.54) is 6.08 Å². The fraction of sp³-hybridized carbons (Fsp3) is 0.704. The van der Waals surface area contributed by atoms with Crippen LogP contribution in [0.4, 0.5) is 0 Å². The second-order valence-corrected chi connectivity index (χ2v) is 13.2. The van der Waals surface area contributed by atoms with Crippen LogP contribution in [0.3, 0.4) is 0 Å². The molecule has 0 aromatic rings. The summed E-state index contributed by atoms with van der Waals surface area (Å²) in [5, 5.41) is 11.6. The molecule has 37 heavy (non-hydrogen) atoms. The number of carbonyl (C=O) groups excluding carboxylic acids is 4. The first-order chi connectivity index (χ1) is 17.2. The minimum atomic E-state index is -4.03. The fourth-order valence-electron chi connectivity index (χ4n) is 7.56. The molecule has 0 unspecified atom stereocenters. The number of ketones is 3. The van der Waals surface area contributed by atoms with E-state index in [1.54, 1.807) is 6.08 Å². The van der Waals surface area contributed by atoms with Crippen molar-refractivity contribution in [3.05, 3.63) is 23.8 Å². The molecule has 10 heteroatoms. The quantitative estimate of drug-likeness (QED) is 0.257. The SMILES string of the molecule is C[C@]12C=CC(=O)C=C1CC[C@@H]1[C@@H]2C(=O)C[C@@]2(C)[C@H]1CC[C@]2(O)C(=O)COC(=O)CCCCCS(=O)(=O)O. The van der Waals surface area contributed by atoms with Gasteiger partial charge in [0.05, 0.1) is 5.75 Å². The van der Waals surface area contributed by atoms with Crippen molar-refractivity contribution >= 4 is 33.4 Å². The summed E-state index contributed by atoms with van der Waals surface area (Å²) in [7, 11) is -4.03. The van der Waals surface area contributed by atoms with E-state index in [0.717, 1.165) is 12.0 Å². The van der Waals surface area contributed by atoms with Crippen LogP contribution < -0.4 is 0 Å². The Morgan fingerprint density at radius 2 is 1.86 bits per heavy atom. The first-order valence-corrected chi connectivity index (χ1v) is 14.7. The van der Waals surface area contributed by atoms with Crippen LogP contribution in [0.2, 0.25) is 0 Å².